The molecule has 0 aromatic heterocycles. The number of nitrogens with zero attached hydrogens (tertiary/aromatic N) is 1. The number of rotatable bonds is 2. The Morgan fingerprint density at radius 3 is 2.06 bits per heavy atom. The zero-order chi connectivity index (χ0) is 12.7. The first-order valence-corrected chi connectivity index (χ1v) is 6.63. The van der Waals surface area contributed by atoms with Crippen molar-refractivity contribution >= 4 is 34.4 Å². The number of halogens is 1. The molecule has 0 spiro atoms. The van der Waals surface area contributed by atoms with E-state index in [1.807, 2.05) is 34.6 Å². The largest absolute Gasteiger partial charge is 0.281 e. The van der Waals surface area contributed by atoms with Gasteiger partial charge < -0.3 is 0 Å². The van der Waals surface area contributed by atoms with Crippen molar-refractivity contribution in [1.82, 2.24) is 4.90 Å². The molecule has 92 valence electrons. The van der Waals surface area contributed by atoms with E-state index in [-0.39, 0.29) is 26.6 Å². The fourth-order valence-corrected chi connectivity index (χ4v) is 2.24. The summed E-state index contributed by atoms with van der Waals surface area (Å²) in [6.07, 6.45) is 0.370. The minimum atomic E-state index is -0.154. The zero-order valence-corrected chi connectivity index (χ0v) is 12.8. The molecule has 0 aromatic carbocycles. The summed E-state index contributed by atoms with van der Waals surface area (Å²) in [5, 5.41) is 0. The van der Waals surface area contributed by atoms with Crippen LogP contribution in [0.25, 0.3) is 0 Å². The van der Waals surface area contributed by atoms with Crippen molar-refractivity contribution in [2.75, 3.05) is 6.54 Å². The van der Waals surface area contributed by atoms with Gasteiger partial charge in [-0.1, -0.05) is 43.4 Å². The summed E-state index contributed by atoms with van der Waals surface area (Å²) in [5.74, 6) is -0.171. The Labute approximate surface area is 111 Å². The van der Waals surface area contributed by atoms with E-state index in [9.17, 15) is 9.59 Å². The van der Waals surface area contributed by atoms with Crippen LogP contribution in [-0.4, -0.2) is 26.7 Å². The maximum Gasteiger partial charge on any atom is 0.233 e. The average Bonchev–Trinajstić information content (AvgIpc) is 2.28. The first-order valence-electron chi connectivity index (χ1n) is 5.55. The van der Waals surface area contributed by atoms with E-state index in [1.165, 1.54) is 4.90 Å². The lowest BCUT2D eigenvalue weighted by Gasteiger charge is -2.27. The van der Waals surface area contributed by atoms with Crippen molar-refractivity contribution in [2.24, 2.45) is 11.3 Å². The summed E-state index contributed by atoms with van der Waals surface area (Å²) < 4.78 is -0.0597. The number of hydrogen-bond donors (Lipinski definition) is 0. The van der Waals surface area contributed by atoms with Gasteiger partial charge in [-0.25, -0.2) is 0 Å². The van der Waals surface area contributed by atoms with Crippen LogP contribution in [0.3, 0.4) is 0 Å². The smallest absolute Gasteiger partial charge is 0.233 e. The van der Waals surface area contributed by atoms with Gasteiger partial charge in [-0.2, -0.15) is 0 Å². The van der Waals surface area contributed by atoms with E-state index in [0.29, 0.717) is 13.0 Å². The second kappa shape index (κ2) is 4.27. The average molecular weight is 337 g/mol. The molecule has 3 nitrogen and oxygen atoms in total. The van der Waals surface area contributed by atoms with Crippen LogP contribution in [0.1, 0.15) is 41.0 Å². The van der Waals surface area contributed by atoms with Crippen LogP contribution in [0.4, 0.5) is 0 Å². The van der Waals surface area contributed by atoms with E-state index in [0.717, 1.165) is 0 Å². The summed E-state index contributed by atoms with van der Waals surface area (Å²) in [7, 11) is 0. The maximum atomic E-state index is 12.1. The van der Waals surface area contributed by atoms with Gasteiger partial charge >= 0.3 is 0 Å². The Hall–Kier alpha value is -0.130. The Kier molecular flexibility index (Phi) is 3.72. The molecular weight excluding hydrogens is 317 g/mol. The number of hydrogen-bond acceptors (Lipinski definition) is 2. The summed E-state index contributed by atoms with van der Waals surface area (Å²) in [6, 6.07) is 0. The van der Waals surface area contributed by atoms with Crippen LogP contribution in [-0.2, 0) is 9.59 Å². The third kappa shape index (κ3) is 3.18. The van der Waals surface area contributed by atoms with Crippen molar-refractivity contribution in [1.29, 1.82) is 0 Å². The van der Waals surface area contributed by atoms with Gasteiger partial charge in [0.15, 0.2) is 0 Å². The molecule has 1 unspecified atom stereocenters. The summed E-state index contributed by atoms with van der Waals surface area (Å²) in [5.41, 5.74) is -0.128. The van der Waals surface area contributed by atoms with E-state index < -0.39 is 0 Å². The van der Waals surface area contributed by atoms with Gasteiger partial charge in [-0.05, 0) is 19.3 Å². The maximum absolute atomic E-state index is 12.1. The van der Waals surface area contributed by atoms with Gasteiger partial charge in [0.05, 0.1) is 5.92 Å². The Balaban J connectivity index is 2.84. The molecule has 1 aliphatic heterocycles. The highest BCUT2D eigenvalue weighted by molar-refractivity contribution is 14.1. The molecule has 0 bridgehead atoms. The number of alkyl halides is 1. The quantitative estimate of drug-likeness (QED) is 0.441. The number of amides is 2. The molecule has 1 rings (SSSR count). The molecule has 0 saturated carbocycles. The van der Waals surface area contributed by atoms with Crippen molar-refractivity contribution in [2.45, 2.75) is 44.5 Å². The van der Waals surface area contributed by atoms with Gasteiger partial charge in [0, 0.05) is 16.4 Å². The van der Waals surface area contributed by atoms with Crippen LogP contribution in [0.15, 0.2) is 0 Å². The second-order valence-electron chi connectivity index (χ2n) is 6.16. The molecule has 0 aliphatic carbocycles. The highest BCUT2D eigenvalue weighted by Gasteiger charge is 2.45. The topological polar surface area (TPSA) is 37.4 Å². The Morgan fingerprint density at radius 2 is 1.75 bits per heavy atom. The highest BCUT2D eigenvalue weighted by atomic mass is 127. The number of imide groups is 1. The third-order valence-electron chi connectivity index (χ3n) is 2.82. The molecule has 1 heterocycles. The molecule has 1 aliphatic rings. The third-order valence-corrected chi connectivity index (χ3v) is 3.16. The molecule has 0 aromatic rings. The lowest BCUT2D eigenvalue weighted by Crippen LogP contribution is -2.40. The second-order valence-corrected chi connectivity index (χ2v) is 9.08. The summed E-state index contributed by atoms with van der Waals surface area (Å²) >= 11 is 2.27. The molecule has 1 fully saturated rings. The number of likely N-dealkylation sites (tertiary alicyclic amines) is 1. The lowest BCUT2D eigenvalue weighted by molar-refractivity contribution is -0.140. The van der Waals surface area contributed by atoms with Crippen molar-refractivity contribution in [3.8, 4) is 0 Å². The Bertz CT molecular complexity index is 312. The predicted octanol–water partition coefficient (Wildman–Crippen LogP) is 2.62. The molecule has 2 amide bonds. The molecular formula is C12H20INO2. The lowest BCUT2D eigenvalue weighted by atomic mass is 9.80. The normalized spacial score (nSPS) is 23.1. The van der Waals surface area contributed by atoms with E-state index in [2.05, 4.69) is 22.6 Å². The predicted molar refractivity (Wildman–Crippen MR) is 72.4 cm³/mol. The minimum absolute atomic E-state index is 0.00208. The molecule has 4 heteroatoms. The number of carbonyl (C=O) groups excluding carboxylic acids is 2. The monoisotopic (exact) mass is 337 g/mol. The van der Waals surface area contributed by atoms with Gasteiger partial charge in [0.25, 0.3) is 0 Å². The molecule has 1 atom stereocenters. The first kappa shape index (κ1) is 13.9. The van der Waals surface area contributed by atoms with Gasteiger partial charge in [-0.3, -0.25) is 14.5 Å². The molecule has 16 heavy (non-hydrogen) atoms. The SMILES string of the molecule is CC(C)(I)CN1C(=O)CC(C(C)(C)C)C1=O. The highest BCUT2D eigenvalue weighted by Crippen LogP contribution is 2.36. The zero-order valence-electron chi connectivity index (χ0n) is 10.6. The minimum Gasteiger partial charge on any atom is -0.281 e. The van der Waals surface area contributed by atoms with Crippen molar-refractivity contribution < 1.29 is 9.59 Å². The van der Waals surface area contributed by atoms with Crippen molar-refractivity contribution in [3.05, 3.63) is 0 Å². The Morgan fingerprint density at radius 1 is 1.25 bits per heavy atom. The fraction of sp³-hybridized carbons (Fsp3) is 0.833. The van der Waals surface area contributed by atoms with E-state index >= 15 is 0 Å². The van der Waals surface area contributed by atoms with Gasteiger partial charge in [-0.15, -0.1) is 0 Å². The van der Waals surface area contributed by atoms with Crippen molar-refractivity contribution in [3.63, 3.8) is 0 Å². The van der Waals surface area contributed by atoms with E-state index in [4.69, 9.17) is 0 Å². The van der Waals surface area contributed by atoms with Crippen LogP contribution in [0, 0.1) is 11.3 Å². The standard InChI is InChI=1S/C12H20INO2/c1-11(2,3)8-6-9(15)14(10(8)16)7-12(4,5)13/h8H,6-7H2,1-5H3. The van der Waals surface area contributed by atoms with Gasteiger partial charge in [0.1, 0.15) is 0 Å². The molecule has 0 radical (unpaired) electrons. The summed E-state index contributed by atoms with van der Waals surface area (Å²) in [4.78, 5) is 25.4. The first-order chi connectivity index (χ1) is 7.02. The molecule has 0 N–H and O–H groups in total. The fourth-order valence-electron chi connectivity index (χ4n) is 1.90. The van der Waals surface area contributed by atoms with Crippen LogP contribution >= 0.6 is 22.6 Å². The van der Waals surface area contributed by atoms with E-state index in [1.54, 1.807) is 0 Å². The summed E-state index contributed by atoms with van der Waals surface area (Å²) in [6.45, 7) is 10.6. The molecule has 1 saturated heterocycles. The van der Waals surface area contributed by atoms with Gasteiger partial charge in [0.2, 0.25) is 11.8 Å². The van der Waals surface area contributed by atoms with Crippen LogP contribution < -0.4 is 0 Å². The van der Waals surface area contributed by atoms with Crippen LogP contribution in [0.2, 0.25) is 0 Å². The van der Waals surface area contributed by atoms with Crippen LogP contribution in [0.5, 0.6) is 0 Å². The number of carbonyl (C=O) groups is 2.